The van der Waals surface area contributed by atoms with Crippen molar-refractivity contribution in [3.8, 4) is 0 Å². The summed E-state index contributed by atoms with van der Waals surface area (Å²) in [5.41, 5.74) is 0. The molecule has 0 aromatic carbocycles. The summed E-state index contributed by atoms with van der Waals surface area (Å²) in [5.74, 6) is -0.980. The van der Waals surface area contributed by atoms with Crippen LogP contribution in [0.15, 0.2) is 4.99 Å². The fourth-order valence-electron chi connectivity index (χ4n) is 5.50. The number of rotatable bonds is 9. The maximum atomic E-state index is 12.1. The van der Waals surface area contributed by atoms with Crippen LogP contribution in [0.3, 0.4) is 0 Å². The molecule has 18 nitrogen and oxygen atoms in total. The average Bonchev–Trinajstić information content (AvgIpc) is 3.32. The smallest absolute Gasteiger partial charge is 0.227 e. The third kappa shape index (κ3) is 6.69. The Labute approximate surface area is 240 Å². The van der Waals surface area contributed by atoms with Crippen molar-refractivity contribution in [1.29, 1.82) is 0 Å². The van der Waals surface area contributed by atoms with Crippen molar-refractivity contribution < 1.29 is 73.8 Å². The molecule has 4 rings (SSSR count). The molecule has 0 aromatic heterocycles. The Morgan fingerprint density at radius 1 is 0.738 bits per heavy atom. The van der Waals surface area contributed by atoms with Crippen molar-refractivity contribution in [2.24, 2.45) is 4.99 Å². The normalized spacial score (nSPS) is 45.4. The number of carbonyl (C=O) groups excluding carboxylic acids is 2. The molecule has 0 spiro atoms. The van der Waals surface area contributed by atoms with Gasteiger partial charge < -0.3 is 74.8 Å². The third-order valence-corrected chi connectivity index (χ3v) is 7.49. The van der Waals surface area contributed by atoms with E-state index in [1.165, 1.54) is 0 Å². The second kappa shape index (κ2) is 13.7. The summed E-state index contributed by atoms with van der Waals surface area (Å²) in [6, 6.07) is -3.66. The molecule has 3 saturated heterocycles. The lowest BCUT2D eigenvalue weighted by molar-refractivity contribution is -0.349. The van der Waals surface area contributed by atoms with Gasteiger partial charge >= 0.3 is 0 Å². The number of nitrogens with one attached hydrogen (secondary N) is 2. The van der Waals surface area contributed by atoms with Crippen LogP contribution in [0.1, 0.15) is 20.8 Å². The van der Waals surface area contributed by atoms with Crippen LogP contribution in [0, 0.1) is 0 Å². The summed E-state index contributed by atoms with van der Waals surface area (Å²) in [7, 11) is 0. The summed E-state index contributed by atoms with van der Waals surface area (Å²) in [5, 5.41) is 77.8. The van der Waals surface area contributed by atoms with Crippen LogP contribution in [0.4, 0.5) is 0 Å². The van der Waals surface area contributed by atoms with Crippen molar-refractivity contribution in [3.63, 3.8) is 0 Å². The predicted octanol–water partition coefficient (Wildman–Crippen LogP) is -5.82. The number of carbonyl (C=O) groups is 2. The molecule has 0 saturated carbocycles. The van der Waals surface area contributed by atoms with E-state index in [0.717, 1.165) is 13.8 Å². The molecule has 2 amide bonds. The highest BCUT2D eigenvalue weighted by atomic mass is 16.7. The predicted molar refractivity (Wildman–Crippen MR) is 134 cm³/mol. The lowest BCUT2D eigenvalue weighted by Gasteiger charge is -2.49. The molecule has 0 radical (unpaired) electrons. The summed E-state index contributed by atoms with van der Waals surface area (Å²) < 4.78 is 34.4. The molecular formula is C24H39N3O15. The van der Waals surface area contributed by atoms with E-state index < -0.39 is 124 Å². The van der Waals surface area contributed by atoms with Crippen LogP contribution < -0.4 is 10.6 Å². The van der Waals surface area contributed by atoms with E-state index in [-0.39, 0.29) is 5.90 Å². The zero-order valence-electron chi connectivity index (χ0n) is 23.1. The van der Waals surface area contributed by atoms with Crippen molar-refractivity contribution in [3.05, 3.63) is 0 Å². The van der Waals surface area contributed by atoms with Crippen molar-refractivity contribution in [2.75, 3.05) is 19.8 Å². The Kier molecular flexibility index (Phi) is 10.7. The van der Waals surface area contributed by atoms with Gasteiger partial charge in [-0.15, -0.1) is 0 Å². The summed E-state index contributed by atoms with van der Waals surface area (Å²) in [6.45, 7) is 1.77. The van der Waals surface area contributed by atoms with Gasteiger partial charge in [-0.3, -0.25) is 9.59 Å². The number of aliphatic imine (C=N–C) groups is 1. The van der Waals surface area contributed by atoms with E-state index in [1.54, 1.807) is 6.92 Å². The van der Waals surface area contributed by atoms with Gasteiger partial charge in [-0.1, -0.05) is 0 Å². The molecule has 4 aliphatic heterocycles. The van der Waals surface area contributed by atoms with Crippen LogP contribution in [0.2, 0.25) is 0 Å². The van der Waals surface area contributed by atoms with E-state index in [4.69, 9.17) is 28.4 Å². The number of ether oxygens (including phenoxy) is 6. The number of hydrogen-bond acceptors (Lipinski definition) is 16. The second-order valence-electron chi connectivity index (χ2n) is 10.5. The van der Waals surface area contributed by atoms with Crippen LogP contribution in [-0.2, 0) is 38.0 Å². The molecule has 9 N–H and O–H groups in total. The van der Waals surface area contributed by atoms with Gasteiger partial charge in [0.05, 0.1) is 19.8 Å². The maximum absolute atomic E-state index is 12.1. The van der Waals surface area contributed by atoms with Crippen molar-refractivity contribution >= 4 is 17.7 Å². The Balaban J connectivity index is 1.58. The molecular weight excluding hydrogens is 570 g/mol. The molecule has 240 valence electrons. The molecule has 0 aromatic rings. The van der Waals surface area contributed by atoms with Gasteiger partial charge in [0.1, 0.15) is 73.1 Å². The number of fused-ring (bicyclic) bond motifs is 1. The van der Waals surface area contributed by atoms with Crippen LogP contribution in [0.25, 0.3) is 0 Å². The zero-order valence-corrected chi connectivity index (χ0v) is 23.1. The number of hydrogen-bond donors (Lipinski definition) is 9. The second-order valence-corrected chi connectivity index (χ2v) is 10.5. The first kappa shape index (κ1) is 32.8. The molecule has 0 bridgehead atoms. The highest BCUT2D eigenvalue weighted by Gasteiger charge is 2.55. The van der Waals surface area contributed by atoms with Crippen LogP contribution in [0.5, 0.6) is 0 Å². The number of aliphatic hydroxyl groups is 7. The summed E-state index contributed by atoms with van der Waals surface area (Å²) in [6.07, 6.45) is -17.0. The van der Waals surface area contributed by atoms with Gasteiger partial charge in [-0.2, -0.15) is 0 Å². The summed E-state index contributed by atoms with van der Waals surface area (Å²) in [4.78, 5) is 28.1. The molecule has 0 unspecified atom stereocenters. The molecule has 15 atom stereocenters. The van der Waals surface area contributed by atoms with Gasteiger partial charge in [0.15, 0.2) is 18.5 Å². The lowest BCUT2D eigenvalue weighted by Crippen LogP contribution is -2.70. The Bertz CT molecular complexity index is 989. The first-order valence-electron chi connectivity index (χ1n) is 13.5. The SMILES string of the molecule is CC(=O)N[C@H]1[C@H](O[C@H]2[C@H](O)[C@H]3N=C(C)O[C@H]3O[C@@H]2CO)O[C@H](CO)[C@@H](O[C@@H]2O[C@H](CO)[C@@H](O)[C@H](O)[C@H]2NC(C)=O)[C@@H]1O. The minimum atomic E-state index is -1.69. The Morgan fingerprint density at radius 3 is 1.74 bits per heavy atom. The van der Waals surface area contributed by atoms with E-state index in [2.05, 4.69) is 15.6 Å². The van der Waals surface area contributed by atoms with Gasteiger partial charge in [0, 0.05) is 20.8 Å². The molecule has 42 heavy (non-hydrogen) atoms. The first-order valence-corrected chi connectivity index (χ1v) is 13.5. The highest BCUT2D eigenvalue weighted by molar-refractivity contribution is 5.75. The third-order valence-electron chi connectivity index (χ3n) is 7.49. The topological polar surface area (TPSA) is 268 Å². The molecule has 0 aliphatic carbocycles. The highest BCUT2D eigenvalue weighted by Crippen LogP contribution is 2.34. The van der Waals surface area contributed by atoms with Crippen molar-refractivity contribution in [1.82, 2.24) is 10.6 Å². The first-order chi connectivity index (χ1) is 19.9. The maximum Gasteiger partial charge on any atom is 0.227 e. The average molecular weight is 610 g/mol. The number of amides is 2. The monoisotopic (exact) mass is 609 g/mol. The summed E-state index contributed by atoms with van der Waals surface area (Å²) >= 11 is 0. The largest absolute Gasteiger partial charge is 0.450 e. The van der Waals surface area contributed by atoms with E-state index >= 15 is 0 Å². The Morgan fingerprint density at radius 2 is 1.21 bits per heavy atom. The quantitative estimate of drug-likeness (QED) is 0.118. The van der Waals surface area contributed by atoms with Crippen LogP contribution >= 0.6 is 0 Å². The number of nitrogens with zero attached hydrogens (tertiary/aromatic N) is 1. The van der Waals surface area contributed by atoms with Gasteiger partial charge in [-0.25, -0.2) is 4.99 Å². The van der Waals surface area contributed by atoms with Crippen LogP contribution in [-0.4, -0.2) is 165 Å². The zero-order chi connectivity index (χ0) is 30.9. The molecule has 4 aliphatic rings. The van der Waals surface area contributed by atoms with Gasteiger partial charge in [0.25, 0.3) is 0 Å². The van der Waals surface area contributed by atoms with E-state index in [0.29, 0.717) is 0 Å². The number of aliphatic hydroxyl groups excluding tert-OH is 7. The lowest BCUT2D eigenvalue weighted by atomic mass is 9.94. The van der Waals surface area contributed by atoms with Crippen molar-refractivity contribution in [2.45, 2.75) is 113 Å². The minimum absolute atomic E-state index is 0.255. The standard InChI is InChI=1S/C24H39N3O15/c1-7(31)25-13-17(34)16(33)10(4-28)38-23(13)41-20-12(6-30)40-24(14(18(20)35)26-8(2)32)42-21-11(5-29)39-22-15(19(21)36)27-9(3)37-22/h10-24,28-30,33-36H,4-6H2,1-3H3,(H,25,31)(H,26,32)/t10-,11-,12-,13-,14-,15-,16-,17-,18-,19-,20-,21-,22+,23+,24+/m1/s1. The van der Waals surface area contributed by atoms with Gasteiger partial charge in [-0.05, 0) is 0 Å². The van der Waals surface area contributed by atoms with E-state index in [9.17, 15) is 45.3 Å². The molecule has 4 heterocycles. The fraction of sp³-hybridized carbons (Fsp3) is 0.875. The Hall–Kier alpha value is -2.07. The minimum Gasteiger partial charge on any atom is -0.450 e. The van der Waals surface area contributed by atoms with E-state index in [1.807, 2.05) is 0 Å². The molecule has 18 heteroatoms. The molecule has 3 fully saturated rings. The fourth-order valence-corrected chi connectivity index (χ4v) is 5.50. The van der Waals surface area contributed by atoms with Gasteiger partial charge in [0.2, 0.25) is 18.1 Å².